The molecule has 0 radical (unpaired) electrons. The third-order valence-corrected chi connectivity index (χ3v) is 2.13. The number of aliphatic carboxylic acids is 1. The Bertz CT molecular complexity index is 174. The molecule has 0 saturated heterocycles. The fourth-order valence-electron chi connectivity index (χ4n) is 1.34. The van der Waals surface area contributed by atoms with Gasteiger partial charge in [-0.1, -0.05) is 6.92 Å². The Morgan fingerprint density at radius 1 is 1.70 bits per heavy atom. The molecule has 0 heterocycles. The van der Waals surface area contributed by atoms with E-state index in [2.05, 4.69) is 0 Å². The summed E-state index contributed by atoms with van der Waals surface area (Å²) in [6, 6.07) is 0. The highest BCUT2D eigenvalue weighted by atomic mass is 16.4. The van der Waals surface area contributed by atoms with E-state index in [-0.39, 0.29) is 11.7 Å². The maximum atomic E-state index is 10.8. The van der Waals surface area contributed by atoms with Crippen molar-refractivity contribution >= 4 is 11.8 Å². The predicted molar refractivity (Wildman–Crippen MR) is 34.5 cm³/mol. The van der Waals surface area contributed by atoms with Gasteiger partial charge in [-0.15, -0.1) is 0 Å². The fourth-order valence-corrected chi connectivity index (χ4v) is 1.34. The first-order chi connectivity index (χ1) is 4.63. The number of rotatable bonds is 1. The summed E-state index contributed by atoms with van der Waals surface area (Å²) in [7, 11) is 0. The maximum Gasteiger partial charge on any atom is 0.307 e. The first kappa shape index (κ1) is 7.25. The van der Waals surface area contributed by atoms with E-state index in [4.69, 9.17) is 5.11 Å². The molecular formula is C7H10O3. The average Bonchev–Trinajstić information content (AvgIpc) is 2.14. The summed E-state index contributed by atoms with van der Waals surface area (Å²) < 4.78 is 0. The summed E-state index contributed by atoms with van der Waals surface area (Å²) in [6.07, 6.45) is 0.966. The zero-order chi connectivity index (χ0) is 7.72. The number of Topliss-reactive ketones (excluding diaryl/α,β-unsaturated/α-hetero) is 1. The molecule has 1 saturated carbocycles. The molecule has 1 rings (SSSR count). The number of carboxylic acid groups (broad SMARTS) is 1. The summed E-state index contributed by atoms with van der Waals surface area (Å²) in [5.41, 5.74) is 0. The molecule has 0 amide bonds. The summed E-state index contributed by atoms with van der Waals surface area (Å²) in [4.78, 5) is 21.2. The molecule has 0 unspecified atom stereocenters. The molecule has 0 aromatic rings. The lowest BCUT2D eigenvalue weighted by molar-refractivity contribution is -0.144. The van der Waals surface area contributed by atoms with Crippen LogP contribution in [-0.2, 0) is 9.59 Å². The van der Waals surface area contributed by atoms with Crippen molar-refractivity contribution < 1.29 is 14.7 Å². The standard InChI is InChI=1S/C7H10O3/c1-4-5(7(9)10)2-3-6(4)8/h4-5H,2-3H2,1H3,(H,9,10)/t4-,5+/m1/s1. The summed E-state index contributed by atoms with van der Waals surface area (Å²) >= 11 is 0. The summed E-state index contributed by atoms with van der Waals surface area (Å²) in [5, 5.41) is 8.55. The number of hydrogen-bond donors (Lipinski definition) is 1. The van der Waals surface area contributed by atoms with Crippen LogP contribution in [0.5, 0.6) is 0 Å². The lowest BCUT2D eigenvalue weighted by Gasteiger charge is -2.06. The van der Waals surface area contributed by atoms with E-state index < -0.39 is 11.9 Å². The van der Waals surface area contributed by atoms with Gasteiger partial charge in [0, 0.05) is 12.3 Å². The van der Waals surface area contributed by atoms with Gasteiger partial charge in [-0.2, -0.15) is 0 Å². The van der Waals surface area contributed by atoms with Crippen molar-refractivity contribution in [1.82, 2.24) is 0 Å². The van der Waals surface area contributed by atoms with E-state index in [1.807, 2.05) is 0 Å². The van der Waals surface area contributed by atoms with Crippen LogP contribution in [0.4, 0.5) is 0 Å². The van der Waals surface area contributed by atoms with Crippen molar-refractivity contribution in [3.8, 4) is 0 Å². The summed E-state index contributed by atoms with van der Waals surface area (Å²) in [6.45, 7) is 1.69. The van der Waals surface area contributed by atoms with Gasteiger partial charge in [-0.3, -0.25) is 9.59 Å². The van der Waals surface area contributed by atoms with Crippen LogP contribution in [0.3, 0.4) is 0 Å². The van der Waals surface area contributed by atoms with Crippen molar-refractivity contribution in [1.29, 1.82) is 0 Å². The zero-order valence-corrected chi connectivity index (χ0v) is 5.83. The first-order valence-corrected chi connectivity index (χ1v) is 3.38. The largest absolute Gasteiger partial charge is 0.481 e. The summed E-state index contributed by atoms with van der Waals surface area (Å²) in [5.74, 6) is -1.43. The molecule has 2 atom stereocenters. The van der Waals surface area contributed by atoms with Crippen LogP contribution < -0.4 is 0 Å². The molecule has 0 aliphatic heterocycles. The van der Waals surface area contributed by atoms with E-state index in [9.17, 15) is 9.59 Å². The van der Waals surface area contributed by atoms with Gasteiger partial charge < -0.3 is 5.11 Å². The first-order valence-electron chi connectivity index (χ1n) is 3.38. The van der Waals surface area contributed by atoms with Crippen LogP contribution in [0.25, 0.3) is 0 Å². The number of carbonyl (C=O) groups excluding carboxylic acids is 1. The Labute approximate surface area is 59.0 Å². The van der Waals surface area contributed by atoms with E-state index in [1.54, 1.807) is 6.92 Å². The minimum absolute atomic E-state index is 0.0902. The zero-order valence-electron chi connectivity index (χ0n) is 5.83. The molecule has 3 nitrogen and oxygen atoms in total. The third kappa shape index (κ3) is 1.03. The van der Waals surface area contributed by atoms with Crippen molar-refractivity contribution in [2.24, 2.45) is 11.8 Å². The molecule has 1 N–H and O–H groups in total. The molecule has 1 aliphatic rings. The highest BCUT2D eigenvalue weighted by Crippen LogP contribution is 2.27. The molecular weight excluding hydrogens is 132 g/mol. The van der Waals surface area contributed by atoms with Crippen LogP contribution in [-0.4, -0.2) is 16.9 Å². The van der Waals surface area contributed by atoms with E-state index >= 15 is 0 Å². The minimum atomic E-state index is -0.835. The average molecular weight is 142 g/mol. The van der Waals surface area contributed by atoms with Gasteiger partial charge in [0.25, 0.3) is 0 Å². The van der Waals surface area contributed by atoms with Gasteiger partial charge in [0.05, 0.1) is 5.92 Å². The molecule has 3 heteroatoms. The van der Waals surface area contributed by atoms with Gasteiger partial charge in [0.2, 0.25) is 0 Å². The molecule has 0 spiro atoms. The number of carboxylic acids is 1. The molecule has 0 bridgehead atoms. The van der Waals surface area contributed by atoms with Crippen molar-refractivity contribution in [2.45, 2.75) is 19.8 Å². The molecule has 0 aromatic heterocycles. The van der Waals surface area contributed by atoms with Gasteiger partial charge >= 0.3 is 5.97 Å². The number of hydrogen-bond acceptors (Lipinski definition) is 2. The lowest BCUT2D eigenvalue weighted by Crippen LogP contribution is -2.18. The van der Waals surface area contributed by atoms with Gasteiger partial charge in [0.15, 0.2) is 0 Å². The quantitative estimate of drug-likeness (QED) is 0.586. The SMILES string of the molecule is C[C@H]1C(=O)CC[C@@H]1C(=O)O. The van der Waals surface area contributed by atoms with E-state index in [0.717, 1.165) is 0 Å². The van der Waals surface area contributed by atoms with Crippen LogP contribution in [0.2, 0.25) is 0 Å². The van der Waals surface area contributed by atoms with Crippen molar-refractivity contribution in [2.75, 3.05) is 0 Å². The van der Waals surface area contributed by atoms with Crippen LogP contribution in [0.15, 0.2) is 0 Å². The predicted octanol–water partition coefficient (Wildman–Crippen LogP) is 0.686. The maximum absolute atomic E-state index is 10.8. The van der Waals surface area contributed by atoms with Gasteiger partial charge in [-0.25, -0.2) is 0 Å². The normalized spacial score (nSPS) is 32.7. The second kappa shape index (κ2) is 2.40. The van der Waals surface area contributed by atoms with E-state index in [1.165, 1.54) is 0 Å². The van der Waals surface area contributed by atoms with Crippen molar-refractivity contribution in [3.05, 3.63) is 0 Å². The Hall–Kier alpha value is -0.860. The van der Waals surface area contributed by atoms with Gasteiger partial charge in [0.1, 0.15) is 5.78 Å². The molecule has 0 aromatic carbocycles. The van der Waals surface area contributed by atoms with Crippen LogP contribution in [0, 0.1) is 11.8 Å². The Kier molecular flexibility index (Phi) is 1.74. The Morgan fingerprint density at radius 3 is 2.50 bits per heavy atom. The topological polar surface area (TPSA) is 54.4 Å². The second-order valence-corrected chi connectivity index (χ2v) is 2.74. The second-order valence-electron chi connectivity index (χ2n) is 2.74. The smallest absolute Gasteiger partial charge is 0.307 e. The highest BCUT2D eigenvalue weighted by molar-refractivity contribution is 5.89. The molecule has 10 heavy (non-hydrogen) atoms. The van der Waals surface area contributed by atoms with E-state index in [0.29, 0.717) is 12.8 Å². The molecule has 1 fully saturated rings. The molecule has 1 aliphatic carbocycles. The number of ketones is 1. The Balaban J connectivity index is 2.66. The van der Waals surface area contributed by atoms with Crippen LogP contribution >= 0.6 is 0 Å². The highest BCUT2D eigenvalue weighted by Gasteiger charge is 2.35. The van der Waals surface area contributed by atoms with Crippen LogP contribution in [0.1, 0.15) is 19.8 Å². The minimum Gasteiger partial charge on any atom is -0.481 e. The Morgan fingerprint density at radius 2 is 2.30 bits per heavy atom. The third-order valence-electron chi connectivity index (χ3n) is 2.13. The van der Waals surface area contributed by atoms with Gasteiger partial charge in [-0.05, 0) is 6.42 Å². The fraction of sp³-hybridized carbons (Fsp3) is 0.714. The van der Waals surface area contributed by atoms with Crippen molar-refractivity contribution in [3.63, 3.8) is 0 Å². The molecule has 56 valence electrons. The number of carbonyl (C=O) groups is 2. The lowest BCUT2D eigenvalue weighted by atomic mass is 9.98. The monoisotopic (exact) mass is 142 g/mol.